The highest BCUT2D eigenvalue weighted by Gasteiger charge is 2.21. The van der Waals surface area contributed by atoms with Crippen LogP contribution in [0.3, 0.4) is 0 Å². The van der Waals surface area contributed by atoms with Crippen LogP contribution >= 0.6 is 0 Å². The van der Waals surface area contributed by atoms with Gasteiger partial charge in [-0.1, -0.05) is 30.3 Å². The lowest BCUT2D eigenvalue weighted by Crippen LogP contribution is -2.31. The van der Waals surface area contributed by atoms with E-state index in [4.69, 9.17) is 0 Å². The van der Waals surface area contributed by atoms with Crippen molar-refractivity contribution >= 4 is 0 Å². The summed E-state index contributed by atoms with van der Waals surface area (Å²) in [6.07, 6.45) is 5.81. The Labute approximate surface area is 113 Å². The number of hydrogen-bond acceptors (Lipinski definition) is 3. The molecule has 100 valence electrons. The summed E-state index contributed by atoms with van der Waals surface area (Å²) in [6.45, 7) is 1.22. The van der Waals surface area contributed by atoms with Gasteiger partial charge in [0.2, 0.25) is 0 Å². The summed E-state index contributed by atoms with van der Waals surface area (Å²) >= 11 is 0. The van der Waals surface area contributed by atoms with Crippen LogP contribution in [-0.2, 0) is 6.54 Å². The highest BCUT2D eigenvalue weighted by Crippen LogP contribution is 2.19. The molecule has 3 rings (SSSR count). The van der Waals surface area contributed by atoms with Crippen molar-refractivity contribution in [2.24, 2.45) is 0 Å². The molecule has 0 bridgehead atoms. The topological polar surface area (TPSA) is 50.1 Å². The minimum absolute atomic E-state index is 0.378. The van der Waals surface area contributed by atoms with Gasteiger partial charge in [0.05, 0.1) is 12.6 Å². The summed E-state index contributed by atoms with van der Waals surface area (Å²) in [5.41, 5.74) is 1.08. The van der Waals surface area contributed by atoms with Gasteiger partial charge < -0.3 is 15.0 Å². The first-order valence-corrected chi connectivity index (χ1v) is 6.81. The first kappa shape index (κ1) is 12.4. The molecule has 4 nitrogen and oxygen atoms in total. The zero-order valence-corrected chi connectivity index (χ0v) is 10.9. The molecule has 0 amide bonds. The second kappa shape index (κ2) is 5.55. The van der Waals surface area contributed by atoms with Crippen molar-refractivity contribution in [2.75, 3.05) is 6.54 Å². The van der Waals surface area contributed by atoms with Gasteiger partial charge in [-0.3, -0.25) is 0 Å². The minimum atomic E-state index is -0.378. The van der Waals surface area contributed by atoms with E-state index in [1.165, 1.54) is 12.8 Å². The van der Waals surface area contributed by atoms with E-state index in [0.717, 1.165) is 11.4 Å². The fraction of sp³-hybridized carbons (Fsp3) is 0.400. The van der Waals surface area contributed by atoms with Crippen molar-refractivity contribution in [3.05, 3.63) is 42.7 Å². The quantitative estimate of drug-likeness (QED) is 0.827. The van der Waals surface area contributed by atoms with Gasteiger partial charge in [0.1, 0.15) is 5.82 Å². The molecule has 4 heteroatoms. The lowest BCUT2D eigenvalue weighted by atomic mass is 10.2. The third-order valence-electron chi connectivity index (χ3n) is 3.37. The molecule has 1 atom stereocenters. The highest BCUT2D eigenvalue weighted by atomic mass is 16.3. The molecule has 1 fully saturated rings. The maximum Gasteiger partial charge on any atom is 0.139 e. The molecule has 2 aromatic rings. The van der Waals surface area contributed by atoms with E-state index in [0.29, 0.717) is 19.1 Å². The molecular formula is C15H19N3O. The number of aromatic nitrogens is 2. The Kier molecular flexibility index (Phi) is 3.62. The molecule has 2 N–H and O–H groups in total. The molecular weight excluding hydrogens is 238 g/mol. The molecule has 0 aliphatic heterocycles. The standard InChI is InChI=1S/C15H19N3O/c19-14(10-17-13-6-7-13)11-18-9-8-16-15(18)12-4-2-1-3-5-12/h1-5,8-9,13-14,17,19H,6-7,10-11H2. The molecule has 19 heavy (non-hydrogen) atoms. The SMILES string of the molecule is OC(CNC1CC1)Cn1ccnc1-c1ccccc1. The van der Waals surface area contributed by atoms with Crippen LogP contribution in [0.15, 0.2) is 42.7 Å². The van der Waals surface area contributed by atoms with Crippen LogP contribution < -0.4 is 5.32 Å². The van der Waals surface area contributed by atoms with Crippen molar-refractivity contribution in [2.45, 2.75) is 31.5 Å². The monoisotopic (exact) mass is 257 g/mol. The number of imidazole rings is 1. The maximum atomic E-state index is 10.1. The van der Waals surface area contributed by atoms with Crippen molar-refractivity contribution in [1.29, 1.82) is 0 Å². The van der Waals surface area contributed by atoms with Gasteiger partial charge in [0.25, 0.3) is 0 Å². The number of nitrogens with one attached hydrogen (secondary N) is 1. The van der Waals surface area contributed by atoms with Crippen molar-refractivity contribution in [1.82, 2.24) is 14.9 Å². The smallest absolute Gasteiger partial charge is 0.139 e. The largest absolute Gasteiger partial charge is 0.390 e. The summed E-state index contributed by atoms with van der Waals surface area (Å²) < 4.78 is 2.01. The number of nitrogens with zero attached hydrogens (tertiary/aromatic N) is 2. The predicted octanol–water partition coefficient (Wildman–Crippen LogP) is 1.66. The normalized spacial score (nSPS) is 16.5. The van der Waals surface area contributed by atoms with E-state index >= 15 is 0 Å². The van der Waals surface area contributed by atoms with Crippen LogP contribution in [0.25, 0.3) is 11.4 Å². The molecule has 0 saturated heterocycles. The number of rotatable bonds is 6. The number of aliphatic hydroxyl groups is 1. The van der Waals surface area contributed by atoms with Gasteiger partial charge in [-0.05, 0) is 12.8 Å². The van der Waals surface area contributed by atoms with E-state index in [9.17, 15) is 5.11 Å². The van der Waals surface area contributed by atoms with E-state index in [1.54, 1.807) is 6.20 Å². The van der Waals surface area contributed by atoms with E-state index in [-0.39, 0.29) is 6.10 Å². The maximum absolute atomic E-state index is 10.1. The summed E-state index contributed by atoms with van der Waals surface area (Å²) in [5.74, 6) is 0.908. The highest BCUT2D eigenvalue weighted by molar-refractivity contribution is 5.55. The molecule has 1 aromatic heterocycles. The van der Waals surface area contributed by atoms with Crippen LogP contribution in [0.2, 0.25) is 0 Å². The second-order valence-electron chi connectivity index (χ2n) is 5.11. The average Bonchev–Trinajstić information content (AvgIpc) is 3.16. The molecule has 1 aliphatic rings. The lowest BCUT2D eigenvalue weighted by Gasteiger charge is -2.14. The average molecular weight is 257 g/mol. The molecule has 1 unspecified atom stereocenters. The number of hydrogen-bond donors (Lipinski definition) is 2. The van der Waals surface area contributed by atoms with Crippen molar-refractivity contribution in [3.8, 4) is 11.4 Å². The summed E-state index contributed by atoms with van der Waals surface area (Å²) in [6, 6.07) is 10.7. The van der Waals surface area contributed by atoms with Crippen LogP contribution in [0, 0.1) is 0 Å². The van der Waals surface area contributed by atoms with E-state index in [1.807, 2.05) is 41.1 Å². The predicted molar refractivity (Wildman–Crippen MR) is 74.7 cm³/mol. The Morgan fingerprint density at radius 1 is 1.32 bits per heavy atom. The fourth-order valence-electron chi connectivity index (χ4n) is 2.19. The third kappa shape index (κ3) is 3.22. The zero-order chi connectivity index (χ0) is 13.1. The van der Waals surface area contributed by atoms with Gasteiger partial charge in [-0.25, -0.2) is 4.98 Å². The van der Waals surface area contributed by atoms with Crippen LogP contribution in [-0.4, -0.2) is 33.3 Å². The van der Waals surface area contributed by atoms with Crippen LogP contribution in [0.4, 0.5) is 0 Å². The Bertz CT molecular complexity index is 519. The van der Waals surface area contributed by atoms with Crippen LogP contribution in [0.5, 0.6) is 0 Å². The van der Waals surface area contributed by atoms with Crippen molar-refractivity contribution < 1.29 is 5.11 Å². The van der Waals surface area contributed by atoms with Gasteiger partial charge >= 0.3 is 0 Å². The first-order chi connectivity index (χ1) is 9.33. The summed E-state index contributed by atoms with van der Waals surface area (Å²) in [5, 5.41) is 13.4. The molecule has 0 spiro atoms. The zero-order valence-electron chi connectivity index (χ0n) is 10.9. The van der Waals surface area contributed by atoms with Gasteiger partial charge in [0, 0.05) is 30.5 Å². The second-order valence-corrected chi connectivity index (χ2v) is 5.11. The third-order valence-corrected chi connectivity index (χ3v) is 3.37. The molecule has 1 saturated carbocycles. The Morgan fingerprint density at radius 2 is 2.11 bits per heavy atom. The molecule has 1 heterocycles. The first-order valence-electron chi connectivity index (χ1n) is 6.81. The van der Waals surface area contributed by atoms with Gasteiger partial charge in [-0.2, -0.15) is 0 Å². The Hall–Kier alpha value is -1.65. The summed E-state index contributed by atoms with van der Waals surface area (Å²) in [7, 11) is 0. The fourth-order valence-corrected chi connectivity index (χ4v) is 2.19. The van der Waals surface area contributed by atoms with Crippen LogP contribution in [0.1, 0.15) is 12.8 Å². The van der Waals surface area contributed by atoms with Gasteiger partial charge in [-0.15, -0.1) is 0 Å². The van der Waals surface area contributed by atoms with Gasteiger partial charge in [0.15, 0.2) is 0 Å². The number of benzene rings is 1. The number of aliphatic hydroxyl groups excluding tert-OH is 1. The van der Waals surface area contributed by atoms with E-state index in [2.05, 4.69) is 10.3 Å². The molecule has 0 radical (unpaired) electrons. The Morgan fingerprint density at radius 3 is 2.84 bits per heavy atom. The molecule has 1 aromatic carbocycles. The van der Waals surface area contributed by atoms with E-state index < -0.39 is 0 Å². The molecule has 1 aliphatic carbocycles. The Balaban J connectivity index is 1.66. The summed E-state index contributed by atoms with van der Waals surface area (Å²) in [4.78, 5) is 4.38. The van der Waals surface area contributed by atoms with Crippen molar-refractivity contribution in [3.63, 3.8) is 0 Å². The lowest BCUT2D eigenvalue weighted by molar-refractivity contribution is 0.151. The minimum Gasteiger partial charge on any atom is -0.390 e.